The lowest BCUT2D eigenvalue weighted by molar-refractivity contribution is 0.321. The number of hydrogen-bond donors (Lipinski definition) is 1. The molecule has 0 saturated carbocycles. The molecule has 0 radical (unpaired) electrons. The Morgan fingerprint density at radius 1 is 1.47 bits per heavy atom. The quantitative estimate of drug-likeness (QED) is 0.872. The van der Waals surface area contributed by atoms with Gasteiger partial charge in [0.2, 0.25) is 0 Å². The molecule has 0 spiro atoms. The van der Waals surface area contributed by atoms with Gasteiger partial charge in [-0.1, -0.05) is 6.07 Å². The Labute approximate surface area is 112 Å². The third-order valence-corrected chi connectivity index (χ3v) is 3.24. The van der Waals surface area contributed by atoms with E-state index in [0.717, 1.165) is 25.0 Å². The van der Waals surface area contributed by atoms with Crippen LogP contribution in [-0.4, -0.2) is 35.6 Å². The third-order valence-electron chi connectivity index (χ3n) is 3.24. The molecule has 2 rings (SSSR count). The SMILES string of the molecule is CC(N)CN(C)CCc1ccc2oc(=O)n(C)c2c1. The fourth-order valence-corrected chi connectivity index (χ4v) is 2.23. The van der Waals surface area contributed by atoms with Gasteiger partial charge in [0.1, 0.15) is 0 Å². The van der Waals surface area contributed by atoms with E-state index in [2.05, 4.69) is 11.9 Å². The Morgan fingerprint density at radius 2 is 2.21 bits per heavy atom. The summed E-state index contributed by atoms with van der Waals surface area (Å²) >= 11 is 0. The van der Waals surface area contributed by atoms with E-state index in [1.165, 1.54) is 10.1 Å². The van der Waals surface area contributed by atoms with Gasteiger partial charge in [-0.05, 0) is 38.1 Å². The highest BCUT2D eigenvalue weighted by Gasteiger charge is 2.07. The third kappa shape index (κ3) is 3.24. The minimum absolute atomic E-state index is 0.183. The molecule has 2 N–H and O–H groups in total. The summed E-state index contributed by atoms with van der Waals surface area (Å²) in [6.45, 7) is 3.83. The highest BCUT2D eigenvalue weighted by Crippen LogP contribution is 2.14. The number of nitrogens with two attached hydrogens (primary N) is 1. The molecule has 19 heavy (non-hydrogen) atoms. The van der Waals surface area contributed by atoms with Gasteiger partial charge in [0.05, 0.1) is 5.52 Å². The molecule has 0 amide bonds. The monoisotopic (exact) mass is 263 g/mol. The first-order chi connectivity index (χ1) is 8.97. The molecule has 5 nitrogen and oxygen atoms in total. The zero-order valence-corrected chi connectivity index (χ0v) is 11.7. The molecule has 0 saturated heterocycles. The largest absolute Gasteiger partial charge is 0.419 e. The second kappa shape index (κ2) is 5.59. The maximum atomic E-state index is 11.4. The molecule has 104 valence electrons. The number of nitrogens with zero attached hydrogens (tertiary/aromatic N) is 2. The summed E-state index contributed by atoms with van der Waals surface area (Å²) in [7, 11) is 3.79. The van der Waals surface area contributed by atoms with Crippen LogP contribution in [0.5, 0.6) is 0 Å². The van der Waals surface area contributed by atoms with E-state index in [-0.39, 0.29) is 11.8 Å². The molecule has 0 aliphatic rings. The molecule has 0 fully saturated rings. The molecule has 1 unspecified atom stereocenters. The molecular weight excluding hydrogens is 242 g/mol. The Morgan fingerprint density at radius 3 is 2.89 bits per heavy atom. The van der Waals surface area contributed by atoms with Crippen molar-refractivity contribution in [2.45, 2.75) is 19.4 Å². The van der Waals surface area contributed by atoms with Gasteiger partial charge < -0.3 is 15.1 Å². The molecule has 0 bridgehead atoms. The number of fused-ring (bicyclic) bond motifs is 1. The summed E-state index contributed by atoms with van der Waals surface area (Å²) < 4.78 is 6.64. The van der Waals surface area contributed by atoms with Crippen LogP contribution in [0.3, 0.4) is 0 Å². The predicted molar refractivity (Wildman–Crippen MR) is 76.3 cm³/mol. The number of likely N-dealkylation sites (N-methyl/N-ethyl adjacent to an activating group) is 1. The van der Waals surface area contributed by atoms with E-state index in [0.29, 0.717) is 5.58 Å². The molecule has 1 atom stereocenters. The van der Waals surface area contributed by atoms with Crippen molar-refractivity contribution in [1.82, 2.24) is 9.47 Å². The first kappa shape index (κ1) is 13.8. The fourth-order valence-electron chi connectivity index (χ4n) is 2.23. The van der Waals surface area contributed by atoms with Crippen molar-refractivity contribution < 1.29 is 4.42 Å². The van der Waals surface area contributed by atoms with Crippen molar-refractivity contribution >= 4 is 11.1 Å². The number of oxazole rings is 1. The average Bonchev–Trinajstić information content (AvgIpc) is 2.62. The molecule has 5 heteroatoms. The Balaban J connectivity index is 2.09. The van der Waals surface area contributed by atoms with Gasteiger partial charge in [0.15, 0.2) is 5.58 Å². The van der Waals surface area contributed by atoms with E-state index in [9.17, 15) is 4.79 Å². The van der Waals surface area contributed by atoms with Crippen LogP contribution in [0.1, 0.15) is 12.5 Å². The second-order valence-electron chi connectivity index (χ2n) is 5.22. The maximum absolute atomic E-state index is 11.4. The molecule has 0 aliphatic carbocycles. The molecule has 1 aromatic carbocycles. The van der Waals surface area contributed by atoms with Gasteiger partial charge in [0, 0.05) is 26.2 Å². The minimum Gasteiger partial charge on any atom is -0.408 e. The lowest BCUT2D eigenvalue weighted by Crippen LogP contribution is -2.34. The highest BCUT2D eigenvalue weighted by molar-refractivity contribution is 5.73. The first-order valence-electron chi connectivity index (χ1n) is 6.50. The van der Waals surface area contributed by atoms with Crippen LogP contribution in [0.15, 0.2) is 27.4 Å². The van der Waals surface area contributed by atoms with Crippen molar-refractivity contribution in [1.29, 1.82) is 0 Å². The summed E-state index contributed by atoms with van der Waals surface area (Å²) in [5.41, 5.74) is 8.45. The van der Waals surface area contributed by atoms with Crippen molar-refractivity contribution in [2.24, 2.45) is 12.8 Å². The first-order valence-corrected chi connectivity index (χ1v) is 6.50. The number of rotatable bonds is 5. The van der Waals surface area contributed by atoms with E-state index >= 15 is 0 Å². The zero-order valence-electron chi connectivity index (χ0n) is 11.7. The van der Waals surface area contributed by atoms with Gasteiger partial charge in [-0.3, -0.25) is 4.57 Å². The van der Waals surface area contributed by atoms with Crippen molar-refractivity contribution in [3.8, 4) is 0 Å². The van der Waals surface area contributed by atoms with Crippen LogP contribution in [-0.2, 0) is 13.5 Å². The van der Waals surface area contributed by atoms with E-state index < -0.39 is 0 Å². The summed E-state index contributed by atoms with van der Waals surface area (Å²) in [6, 6.07) is 6.06. The summed E-state index contributed by atoms with van der Waals surface area (Å²) in [5.74, 6) is -0.318. The summed E-state index contributed by atoms with van der Waals surface area (Å²) in [4.78, 5) is 13.6. The average molecular weight is 263 g/mol. The normalized spacial score (nSPS) is 13.3. The molecule has 2 aromatic rings. The maximum Gasteiger partial charge on any atom is 0.419 e. The summed E-state index contributed by atoms with van der Waals surface area (Å²) in [6.07, 6.45) is 0.929. The van der Waals surface area contributed by atoms with Crippen LogP contribution < -0.4 is 11.5 Å². The highest BCUT2D eigenvalue weighted by atomic mass is 16.4. The van der Waals surface area contributed by atoms with Crippen molar-refractivity contribution in [2.75, 3.05) is 20.1 Å². The molecule has 1 heterocycles. The van der Waals surface area contributed by atoms with Crippen LogP contribution in [0.4, 0.5) is 0 Å². The topological polar surface area (TPSA) is 64.4 Å². The van der Waals surface area contributed by atoms with Crippen LogP contribution in [0.2, 0.25) is 0 Å². The van der Waals surface area contributed by atoms with Crippen LogP contribution in [0, 0.1) is 0 Å². The predicted octanol–water partition coefficient (Wildman–Crippen LogP) is 0.953. The van der Waals surface area contributed by atoms with Crippen molar-refractivity contribution in [3.05, 3.63) is 34.3 Å². The van der Waals surface area contributed by atoms with Gasteiger partial charge in [-0.25, -0.2) is 4.79 Å². The van der Waals surface area contributed by atoms with Gasteiger partial charge >= 0.3 is 5.76 Å². The Hall–Kier alpha value is -1.59. The van der Waals surface area contributed by atoms with Gasteiger partial charge in [0.25, 0.3) is 0 Å². The van der Waals surface area contributed by atoms with Crippen molar-refractivity contribution in [3.63, 3.8) is 0 Å². The van der Waals surface area contributed by atoms with Crippen LogP contribution in [0.25, 0.3) is 11.1 Å². The smallest absolute Gasteiger partial charge is 0.408 e. The Kier molecular flexibility index (Phi) is 4.07. The minimum atomic E-state index is -0.318. The number of hydrogen-bond acceptors (Lipinski definition) is 4. The van der Waals surface area contributed by atoms with Gasteiger partial charge in [-0.2, -0.15) is 0 Å². The fraction of sp³-hybridized carbons (Fsp3) is 0.500. The van der Waals surface area contributed by atoms with E-state index in [1.54, 1.807) is 7.05 Å². The number of aryl methyl sites for hydroxylation is 1. The number of benzene rings is 1. The zero-order chi connectivity index (χ0) is 14.0. The lowest BCUT2D eigenvalue weighted by atomic mass is 10.1. The Bertz CT molecular complexity index is 613. The van der Waals surface area contributed by atoms with E-state index in [1.807, 2.05) is 25.1 Å². The molecule has 1 aromatic heterocycles. The molecular formula is C14H21N3O2. The number of aromatic nitrogens is 1. The van der Waals surface area contributed by atoms with Gasteiger partial charge in [-0.15, -0.1) is 0 Å². The van der Waals surface area contributed by atoms with Crippen LogP contribution >= 0.6 is 0 Å². The second-order valence-corrected chi connectivity index (χ2v) is 5.22. The summed E-state index contributed by atoms with van der Waals surface area (Å²) in [5, 5.41) is 0. The standard InChI is InChI=1S/C14H21N3O2/c1-10(15)9-16(2)7-6-11-4-5-13-12(8-11)17(3)14(18)19-13/h4-5,8,10H,6-7,9,15H2,1-3H3. The lowest BCUT2D eigenvalue weighted by Gasteiger charge is -2.18. The van der Waals surface area contributed by atoms with E-state index in [4.69, 9.17) is 10.2 Å². The molecule has 0 aliphatic heterocycles.